The van der Waals surface area contributed by atoms with Crippen molar-refractivity contribution in [2.45, 2.75) is 39.2 Å². The van der Waals surface area contributed by atoms with Crippen molar-refractivity contribution in [2.75, 3.05) is 34.4 Å². The van der Waals surface area contributed by atoms with Gasteiger partial charge in [0.25, 0.3) is 5.91 Å². The minimum Gasteiger partial charge on any atom is -0.493 e. The first-order chi connectivity index (χ1) is 20.7. The maximum Gasteiger partial charge on any atom is 0.336 e. The number of nitrogens with zero attached hydrogens (tertiary/aromatic N) is 2. The summed E-state index contributed by atoms with van der Waals surface area (Å²) in [7, 11) is 4.93. The third-order valence-electron chi connectivity index (χ3n) is 7.64. The summed E-state index contributed by atoms with van der Waals surface area (Å²) in [5.74, 6) is -0.585. The first-order valence-corrected chi connectivity index (χ1v) is 14.2. The van der Waals surface area contributed by atoms with Gasteiger partial charge in [0.05, 0.1) is 32.9 Å². The third-order valence-corrected chi connectivity index (χ3v) is 7.64. The molecular formula is C34H37FN2O6. The lowest BCUT2D eigenvalue weighted by molar-refractivity contribution is -0.140. The number of ether oxygens (including phenoxy) is 3. The van der Waals surface area contributed by atoms with Crippen molar-refractivity contribution in [1.29, 1.82) is 0 Å². The molecule has 0 bridgehead atoms. The Bertz CT molecular complexity index is 1520. The number of allylic oxidation sites excluding steroid dienone is 1. The van der Waals surface area contributed by atoms with Crippen molar-refractivity contribution < 1.29 is 33.0 Å². The molecule has 1 heterocycles. The second kappa shape index (κ2) is 14.0. The van der Waals surface area contributed by atoms with E-state index >= 15 is 0 Å². The Kier molecular flexibility index (Phi) is 10.2. The molecule has 1 aliphatic heterocycles. The second-order valence-electron chi connectivity index (χ2n) is 10.4. The molecule has 0 fully saturated rings. The molecule has 0 aliphatic carbocycles. The van der Waals surface area contributed by atoms with Gasteiger partial charge in [-0.25, -0.2) is 9.18 Å². The maximum absolute atomic E-state index is 14.0. The van der Waals surface area contributed by atoms with Gasteiger partial charge < -0.3 is 24.0 Å². The summed E-state index contributed by atoms with van der Waals surface area (Å²) < 4.78 is 30.0. The number of carbonyl (C=O) groups excluding carboxylic acids is 3. The largest absolute Gasteiger partial charge is 0.493 e. The molecule has 9 heteroatoms. The summed E-state index contributed by atoms with van der Waals surface area (Å²) in [6, 6.07) is 18.7. The normalized spacial score (nSPS) is 14.9. The van der Waals surface area contributed by atoms with Gasteiger partial charge in [-0.15, -0.1) is 0 Å². The Morgan fingerprint density at radius 1 is 0.977 bits per heavy atom. The van der Waals surface area contributed by atoms with Crippen LogP contribution in [0.25, 0.3) is 0 Å². The molecule has 1 unspecified atom stereocenters. The molecule has 0 N–H and O–H groups in total. The highest BCUT2D eigenvalue weighted by atomic mass is 19.1. The van der Waals surface area contributed by atoms with Gasteiger partial charge in [0.15, 0.2) is 11.5 Å². The quantitative estimate of drug-likeness (QED) is 0.275. The van der Waals surface area contributed by atoms with E-state index in [1.54, 1.807) is 81.3 Å². The van der Waals surface area contributed by atoms with E-state index in [4.69, 9.17) is 14.2 Å². The van der Waals surface area contributed by atoms with Crippen LogP contribution in [-0.2, 0) is 27.3 Å². The van der Waals surface area contributed by atoms with Crippen LogP contribution in [0.3, 0.4) is 0 Å². The molecule has 0 saturated carbocycles. The summed E-state index contributed by atoms with van der Waals surface area (Å²) in [6.07, 6.45) is 0.652. The highest BCUT2D eigenvalue weighted by Crippen LogP contribution is 2.38. The molecule has 0 spiro atoms. The summed E-state index contributed by atoms with van der Waals surface area (Å²) in [4.78, 5) is 42.6. The molecule has 0 saturated heterocycles. The lowest BCUT2D eigenvalue weighted by atomic mass is 9.83. The van der Waals surface area contributed by atoms with E-state index in [2.05, 4.69) is 0 Å². The Hall–Kier alpha value is -4.66. The number of halogens is 1. The average Bonchev–Trinajstić information content (AvgIpc) is 3.01. The van der Waals surface area contributed by atoms with E-state index in [1.165, 1.54) is 12.1 Å². The zero-order valence-corrected chi connectivity index (χ0v) is 25.2. The number of carbonyl (C=O) groups is 3. The van der Waals surface area contributed by atoms with Gasteiger partial charge in [-0.3, -0.25) is 9.59 Å². The monoisotopic (exact) mass is 588 g/mol. The van der Waals surface area contributed by atoms with Gasteiger partial charge in [0, 0.05) is 37.2 Å². The molecule has 3 aromatic carbocycles. The van der Waals surface area contributed by atoms with Gasteiger partial charge >= 0.3 is 5.97 Å². The summed E-state index contributed by atoms with van der Waals surface area (Å²) in [5, 5.41) is 0. The van der Waals surface area contributed by atoms with Crippen LogP contribution >= 0.6 is 0 Å². The molecule has 1 atom stereocenters. The topological polar surface area (TPSA) is 85.4 Å². The summed E-state index contributed by atoms with van der Waals surface area (Å²) >= 11 is 0. The highest BCUT2D eigenvalue weighted by Gasteiger charge is 2.37. The van der Waals surface area contributed by atoms with E-state index in [9.17, 15) is 18.8 Å². The minimum atomic E-state index is -0.604. The molecule has 0 radical (unpaired) electrons. The molecular weight excluding hydrogens is 551 g/mol. The third kappa shape index (κ3) is 7.23. The zero-order valence-electron chi connectivity index (χ0n) is 25.2. The number of methoxy groups -OCH3 is 2. The van der Waals surface area contributed by atoms with E-state index in [-0.39, 0.29) is 31.4 Å². The van der Waals surface area contributed by atoms with Crippen molar-refractivity contribution in [1.82, 2.24) is 9.80 Å². The van der Waals surface area contributed by atoms with Gasteiger partial charge in [-0.05, 0) is 73.4 Å². The van der Waals surface area contributed by atoms with Crippen LogP contribution < -0.4 is 9.47 Å². The molecule has 0 aromatic heterocycles. The molecule has 226 valence electrons. The van der Waals surface area contributed by atoms with E-state index in [1.807, 2.05) is 18.2 Å². The Morgan fingerprint density at radius 3 is 2.33 bits per heavy atom. The fraction of sp³-hybridized carbons (Fsp3) is 0.324. The lowest BCUT2D eigenvalue weighted by Crippen LogP contribution is -2.38. The van der Waals surface area contributed by atoms with E-state index in [0.29, 0.717) is 46.9 Å². The first-order valence-electron chi connectivity index (χ1n) is 14.2. The number of hydrogen-bond acceptors (Lipinski definition) is 6. The van der Waals surface area contributed by atoms with Crippen molar-refractivity contribution in [3.8, 4) is 11.5 Å². The van der Waals surface area contributed by atoms with Crippen LogP contribution in [0.2, 0.25) is 0 Å². The van der Waals surface area contributed by atoms with Gasteiger partial charge in [-0.1, -0.05) is 30.3 Å². The van der Waals surface area contributed by atoms with Crippen LogP contribution in [0.15, 0.2) is 78.0 Å². The van der Waals surface area contributed by atoms with Crippen LogP contribution in [0.5, 0.6) is 11.5 Å². The average molecular weight is 589 g/mol. The molecule has 43 heavy (non-hydrogen) atoms. The van der Waals surface area contributed by atoms with Crippen LogP contribution in [0.4, 0.5) is 4.39 Å². The smallest absolute Gasteiger partial charge is 0.336 e. The number of rotatable bonds is 11. The minimum absolute atomic E-state index is 0.0103. The fourth-order valence-electron chi connectivity index (χ4n) is 5.28. The fourth-order valence-corrected chi connectivity index (χ4v) is 5.28. The predicted molar refractivity (Wildman–Crippen MR) is 160 cm³/mol. The van der Waals surface area contributed by atoms with Crippen LogP contribution in [0, 0.1) is 5.82 Å². The number of benzene rings is 3. The van der Waals surface area contributed by atoms with Gasteiger partial charge in [-0.2, -0.15) is 0 Å². The van der Waals surface area contributed by atoms with E-state index < -0.39 is 17.7 Å². The second-order valence-corrected chi connectivity index (χ2v) is 10.4. The predicted octanol–water partition coefficient (Wildman–Crippen LogP) is 5.51. The Labute approximate surface area is 251 Å². The molecule has 8 nitrogen and oxygen atoms in total. The summed E-state index contributed by atoms with van der Waals surface area (Å²) in [5.41, 5.74) is 3.70. The number of amides is 2. The molecule has 2 amide bonds. The Morgan fingerprint density at radius 2 is 1.67 bits per heavy atom. The zero-order chi connectivity index (χ0) is 31.1. The Balaban J connectivity index is 1.47. The molecule has 3 aromatic rings. The highest BCUT2D eigenvalue weighted by molar-refractivity contribution is 5.96. The first kappa shape index (κ1) is 31.3. The number of esters is 1. The SMILES string of the molecule is CCOC(=O)C1=C(C)N(Cc2ccc(C(=O)N(C)CCc3ccc(OC)c(OC)c3)cc2)C(=O)CC1c1cccc(F)c1. The van der Waals surface area contributed by atoms with E-state index in [0.717, 1.165) is 11.1 Å². The summed E-state index contributed by atoms with van der Waals surface area (Å²) in [6.45, 7) is 4.32. The maximum atomic E-state index is 14.0. The van der Waals surface area contributed by atoms with Crippen molar-refractivity contribution >= 4 is 17.8 Å². The standard InChI is InChI=1S/C34H37FN2O6/c1-6-43-34(40)32-22(2)37(31(38)20-28(32)26-8-7-9-27(35)19-26)21-24-10-13-25(14-11-24)33(39)36(3)17-16-23-12-15-29(41-4)30(18-23)42-5/h7-15,18-19,28H,6,16-17,20-21H2,1-5H3. The molecule has 1 aliphatic rings. The van der Waals surface area contributed by atoms with Crippen molar-refractivity contribution in [3.05, 3.63) is 106 Å². The van der Waals surface area contributed by atoms with Crippen LogP contribution in [0.1, 0.15) is 53.2 Å². The van der Waals surface area contributed by atoms with Gasteiger partial charge in [0.1, 0.15) is 5.82 Å². The van der Waals surface area contributed by atoms with Crippen LogP contribution in [-0.4, -0.2) is 62.0 Å². The molecule has 4 rings (SSSR count). The lowest BCUT2D eigenvalue weighted by Gasteiger charge is -2.34. The van der Waals surface area contributed by atoms with Crippen molar-refractivity contribution in [2.24, 2.45) is 0 Å². The number of hydrogen-bond donors (Lipinski definition) is 0. The van der Waals surface area contributed by atoms with Gasteiger partial charge in [0.2, 0.25) is 5.91 Å². The van der Waals surface area contributed by atoms with Crippen molar-refractivity contribution in [3.63, 3.8) is 0 Å². The number of likely N-dealkylation sites (N-methyl/N-ethyl adjacent to an activating group) is 1.